The van der Waals surface area contributed by atoms with Crippen molar-refractivity contribution in [1.29, 1.82) is 0 Å². The molecule has 2 aliphatic heterocycles. The van der Waals surface area contributed by atoms with Crippen LogP contribution in [0.4, 0.5) is 0 Å². The van der Waals surface area contributed by atoms with Crippen LogP contribution < -0.4 is 14.2 Å². The van der Waals surface area contributed by atoms with Crippen LogP contribution in [-0.4, -0.2) is 48.5 Å². The standard InChI is InChI=1S/C26H28N2O6S/c1-6-20-24(29)28-22(17-12-18(31-3)23(33-5)19(13-17)32-4)21(15(2)27-26(28)35-20)25(30)34-14-16-10-8-7-9-11-16/h7-13,20,22H,6,14H2,1-5H3/t20-,22-/m1/s1. The first kappa shape index (κ1) is 24.7. The maximum atomic E-state index is 13.5. The first-order valence-corrected chi connectivity index (χ1v) is 12.1. The molecule has 0 N–H and O–H groups in total. The summed E-state index contributed by atoms with van der Waals surface area (Å²) in [6.45, 7) is 3.83. The van der Waals surface area contributed by atoms with Gasteiger partial charge in [0.2, 0.25) is 11.7 Å². The van der Waals surface area contributed by atoms with Crippen molar-refractivity contribution in [3.8, 4) is 17.2 Å². The number of hydrogen-bond donors (Lipinski definition) is 0. The van der Waals surface area contributed by atoms with Gasteiger partial charge in [0, 0.05) is 0 Å². The fourth-order valence-corrected chi connectivity index (χ4v) is 5.36. The lowest BCUT2D eigenvalue weighted by molar-refractivity contribution is -0.141. The summed E-state index contributed by atoms with van der Waals surface area (Å²) in [6.07, 6.45) is 0.647. The third-order valence-corrected chi connectivity index (χ3v) is 7.28. The smallest absolute Gasteiger partial charge is 0.338 e. The van der Waals surface area contributed by atoms with E-state index in [1.54, 1.807) is 24.0 Å². The molecule has 0 spiro atoms. The van der Waals surface area contributed by atoms with Gasteiger partial charge in [-0.25, -0.2) is 9.79 Å². The van der Waals surface area contributed by atoms with Crippen LogP contribution >= 0.6 is 11.8 Å². The molecular weight excluding hydrogens is 468 g/mol. The maximum absolute atomic E-state index is 13.5. The van der Waals surface area contributed by atoms with E-state index >= 15 is 0 Å². The number of carbonyl (C=O) groups is 2. The first-order valence-electron chi connectivity index (χ1n) is 11.2. The molecule has 0 aromatic heterocycles. The third-order valence-electron chi connectivity index (χ3n) is 5.96. The van der Waals surface area contributed by atoms with Gasteiger partial charge in [-0.2, -0.15) is 0 Å². The Balaban J connectivity index is 1.81. The molecule has 2 aliphatic rings. The van der Waals surface area contributed by atoms with Crippen LogP contribution in [0.3, 0.4) is 0 Å². The van der Waals surface area contributed by atoms with Gasteiger partial charge in [0.05, 0.1) is 43.9 Å². The summed E-state index contributed by atoms with van der Waals surface area (Å²) in [7, 11) is 4.57. The fourth-order valence-electron chi connectivity index (χ4n) is 4.23. The summed E-state index contributed by atoms with van der Waals surface area (Å²) in [5, 5.41) is 0.295. The highest BCUT2D eigenvalue weighted by Crippen LogP contribution is 2.47. The highest BCUT2D eigenvalue weighted by Gasteiger charge is 2.47. The number of methoxy groups -OCH3 is 3. The van der Waals surface area contributed by atoms with Crippen LogP contribution in [0.2, 0.25) is 0 Å². The van der Waals surface area contributed by atoms with E-state index in [4.69, 9.17) is 18.9 Å². The van der Waals surface area contributed by atoms with Crippen molar-refractivity contribution >= 4 is 28.8 Å². The van der Waals surface area contributed by atoms with E-state index in [9.17, 15) is 9.59 Å². The molecule has 35 heavy (non-hydrogen) atoms. The van der Waals surface area contributed by atoms with E-state index in [0.29, 0.717) is 45.7 Å². The summed E-state index contributed by atoms with van der Waals surface area (Å²) in [5.41, 5.74) is 2.29. The van der Waals surface area contributed by atoms with Gasteiger partial charge in [-0.05, 0) is 36.6 Å². The van der Waals surface area contributed by atoms with Crippen molar-refractivity contribution in [2.75, 3.05) is 21.3 Å². The number of esters is 1. The number of hydrogen-bond acceptors (Lipinski definition) is 8. The van der Waals surface area contributed by atoms with E-state index in [-0.39, 0.29) is 17.8 Å². The quantitative estimate of drug-likeness (QED) is 0.498. The Hall–Kier alpha value is -3.46. The average molecular weight is 497 g/mol. The molecule has 4 rings (SSSR count). The molecule has 2 aromatic carbocycles. The lowest BCUT2D eigenvalue weighted by Gasteiger charge is -2.33. The highest BCUT2D eigenvalue weighted by atomic mass is 32.2. The lowest BCUT2D eigenvalue weighted by atomic mass is 9.93. The largest absolute Gasteiger partial charge is 0.493 e. The van der Waals surface area contributed by atoms with E-state index in [1.165, 1.54) is 33.1 Å². The SMILES string of the molecule is CC[C@H]1SC2=NC(C)=C(C(=O)OCc3ccccc3)[C@@H](c3cc(OC)c(OC)c(OC)c3)N2C1=O. The minimum absolute atomic E-state index is 0.101. The Bertz CT molecular complexity index is 1170. The van der Waals surface area contributed by atoms with Gasteiger partial charge in [0.1, 0.15) is 6.61 Å². The first-order chi connectivity index (χ1) is 16.9. The number of ether oxygens (including phenoxy) is 4. The average Bonchev–Trinajstić information content (AvgIpc) is 3.20. The van der Waals surface area contributed by atoms with Crippen molar-refractivity contribution in [3.63, 3.8) is 0 Å². The van der Waals surface area contributed by atoms with Crippen LogP contribution in [-0.2, 0) is 20.9 Å². The number of fused-ring (bicyclic) bond motifs is 1. The predicted octanol–water partition coefficient (Wildman–Crippen LogP) is 4.49. The molecule has 0 saturated carbocycles. The normalized spacial score (nSPS) is 19.3. The number of benzene rings is 2. The molecule has 1 saturated heterocycles. The number of thioether (sulfide) groups is 1. The summed E-state index contributed by atoms with van der Waals surface area (Å²) in [5.74, 6) is 0.631. The fraction of sp³-hybridized carbons (Fsp3) is 0.346. The van der Waals surface area contributed by atoms with Crippen molar-refractivity contribution in [3.05, 3.63) is 64.9 Å². The van der Waals surface area contributed by atoms with Gasteiger partial charge in [0.25, 0.3) is 0 Å². The Morgan fingerprint density at radius 3 is 2.29 bits per heavy atom. The number of rotatable bonds is 8. The van der Waals surface area contributed by atoms with Gasteiger partial charge >= 0.3 is 5.97 Å². The van der Waals surface area contributed by atoms with Gasteiger partial charge in [-0.15, -0.1) is 0 Å². The second-order valence-electron chi connectivity index (χ2n) is 8.04. The number of nitrogens with zero attached hydrogens (tertiary/aromatic N) is 2. The third kappa shape index (κ3) is 4.60. The maximum Gasteiger partial charge on any atom is 0.338 e. The Labute approximate surface area is 208 Å². The number of allylic oxidation sites excluding steroid dienone is 1. The molecule has 8 nitrogen and oxygen atoms in total. The second kappa shape index (κ2) is 10.4. The molecule has 2 atom stereocenters. The minimum atomic E-state index is -0.754. The molecule has 0 unspecified atom stereocenters. The summed E-state index contributed by atoms with van der Waals surface area (Å²) in [6, 6.07) is 12.2. The zero-order chi connectivity index (χ0) is 25.1. The molecule has 2 aromatic rings. The van der Waals surface area contributed by atoms with Gasteiger partial charge in [-0.3, -0.25) is 9.69 Å². The van der Waals surface area contributed by atoms with Crippen molar-refractivity contribution in [2.45, 2.75) is 38.2 Å². The van der Waals surface area contributed by atoms with Crippen LogP contribution in [0, 0.1) is 0 Å². The molecule has 0 bridgehead atoms. The Kier molecular flexibility index (Phi) is 7.35. The summed E-state index contributed by atoms with van der Waals surface area (Å²) < 4.78 is 22.2. The van der Waals surface area contributed by atoms with Crippen LogP contribution in [0.1, 0.15) is 37.4 Å². The topological polar surface area (TPSA) is 86.7 Å². The van der Waals surface area contributed by atoms with E-state index in [2.05, 4.69) is 4.99 Å². The lowest BCUT2D eigenvalue weighted by Crippen LogP contribution is -2.40. The van der Waals surface area contributed by atoms with Crippen molar-refractivity contribution in [1.82, 2.24) is 4.90 Å². The number of carbonyl (C=O) groups excluding carboxylic acids is 2. The minimum Gasteiger partial charge on any atom is -0.493 e. The molecular formula is C26H28N2O6S. The van der Waals surface area contributed by atoms with E-state index < -0.39 is 12.0 Å². The Morgan fingerprint density at radius 1 is 1.06 bits per heavy atom. The number of aliphatic imine (C=N–C) groups is 1. The van der Waals surface area contributed by atoms with Crippen LogP contribution in [0.5, 0.6) is 17.2 Å². The van der Waals surface area contributed by atoms with Crippen LogP contribution in [0.25, 0.3) is 0 Å². The van der Waals surface area contributed by atoms with E-state index in [1.807, 2.05) is 37.3 Å². The molecule has 1 amide bonds. The monoisotopic (exact) mass is 496 g/mol. The summed E-state index contributed by atoms with van der Waals surface area (Å²) in [4.78, 5) is 33.1. The predicted molar refractivity (Wildman–Crippen MR) is 134 cm³/mol. The molecule has 184 valence electrons. The number of amides is 1. The zero-order valence-electron chi connectivity index (χ0n) is 20.4. The molecule has 9 heteroatoms. The number of amidine groups is 1. The van der Waals surface area contributed by atoms with Crippen LogP contribution in [0.15, 0.2) is 58.7 Å². The van der Waals surface area contributed by atoms with Gasteiger partial charge in [-0.1, -0.05) is 49.0 Å². The Morgan fingerprint density at radius 2 is 1.71 bits per heavy atom. The summed E-state index contributed by atoms with van der Waals surface area (Å²) >= 11 is 1.41. The highest BCUT2D eigenvalue weighted by molar-refractivity contribution is 8.15. The zero-order valence-corrected chi connectivity index (χ0v) is 21.2. The van der Waals surface area contributed by atoms with E-state index in [0.717, 1.165) is 5.56 Å². The molecule has 0 radical (unpaired) electrons. The molecule has 0 aliphatic carbocycles. The second-order valence-corrected chi connectivity index (χ2v) is 9.21. The molecule has 2 heterocycles. The van der Waals surface area contributed by atoms with Gasteiger partial charge < -0.3 is 18.9 Å². The van der Waals surface area contributed by atoms with Crippen molar-refractivity contribution < 1.29 is 28.5 Å². The van der Waals surface area contributed by atoms with Crippen molar-refractivity contribution in [2.24, 2.45) is 4.99 Å². The molecule has 1 fully saturated rings. The van der Waals surface area contributed by atoms with Gasteiger partial charge in [0.15, 0.2) is 16.7 Å².